The van der Waals surface area contributed by atoms with Crippen molar-refractivity contribution in [3.63, 3.8) is 0 Å². The number of aliphatic hydroxyl groups excluding tert-OH is 1. The van der Waals surface area contributed by atoms with E-state index in [1.165, 1.54) is 19.3 Å². The van der Waals surface area contributed by atoms with Gasteiger partial charge in [0.15, 0.2) is 0 Å². The summed E-state index contributed by atoms with van der Waals surface area (Å²) < 4.78 is 0. The molecule has 0 unspecified atom stereocenters. The summed E-state index contributed by atoms with van der Waals surface area (Å²) >= 11 is 0. The van der Waals surface area contributed by atoms with Crippen LogP contribution in [0.3, 0.4) is 0 Å². The molecule has 3 atom stereocenters. The molecule has 1 N–H and O–H groups in total. The monoisotopic (exact) mass is 170 g/mol. The van der Waals surface area contributed by atoms with Crippen molar-refractivity contribution in [1.82, 2.24) is 0 Å². The Labute approximate surface area is 76.2 Å². The van der Waals surface area contributed by atoms with Gasteiger partial charge < -0.3 is 5.11 Å². The second kappa shape index (κ2) is 4.27. The van der Waals surface area contributed by atoms with Gasteiger partial charge in [0.2, 0.25) is 0 Å². The van der Waals surface area contributed by atoms with Crippen molar-refractivity contribution < 1.29 is 5.11 Å². The molecule has 1 rings (SSSR count). The van der Waals surface area contributed by atoms with Crippen LogP contribution in [0.1, 0.15) is 46.5 Å². The molecule has 1 fully saturated rings. The minimum Gasteiger partial charge on any atom is -0.393 e. The van der Waals surface area contributed by atoms with Crippen molar-refractivity contribution in [3.8, 4) is 0 Å². The summed E-state index contributed by atoms with van der Waals surface area (Å²) in [6.45, 7) is 6.75. The summed E-state index contributed by atoms with van der Waals surface area (Å²) in [7, 11) is 0. The molecule has 0 amide bonds. The molecule has 1 aliphatic rings. The molecule has 0 heterocycles. The second-order valence-electron chi connectivity index (χ2n) is 4.85. The molecule has 0 saturated heterocycles. The fraction of sp³-hybridized carbons (Fsp3) is 1.00. The fourth-order valence-corrected chi connectivity index (χ4v) is 2.37. The van der Waals surface area contributed by atoms with Crippen LogP contribution in [0.25, 0.3) is 0 Å². The van der Waals surface area contributed by atoms with Crippen molar-refractivity contribution in [2.45, 2.75) is 52.6 Å². The van der Waals surface area contributed by atoms with Gasteiger partial charge in [0.25, 0.3) is 0 Å². The molecule has 0 spiro atoms. The van der Waals surface area contributed by atoms with Gasteiger partial charge in [0, 0.05) is 0 Å². The zero-order valence-electron chi connectivity index (χ0n) is 8.59. The smallest absolute Gasteiger partial charge is 0.0566 e. The average Bonchev–Trinajstić information content (AvgIpc) is 1.96. The normalized spacial score (nSPS) is 37.2. The molecule has 0 aromatic heterocycles. The molecule has 0 aromatic rings. The van der Waals surface area contributed by atoms with E-state index in [1.54, 1.807) is 0 Å². The third kappa shape index (κ3) is 2.78. The van der Waals surface area contributed by atoms with E-state index in [9.17, 15) is 5.11 Å². The standard InChI is InChI=1S/C11H22O/c1-8(2)6-10-4-5-11(12)9(3)7-10/h8-12H,4-7H2,1-3H3/t9-,10+,11-/m0/s1. The van der Waals surface area contributed by atoms with E-state index in [4.69, 9.17) is 0 Å². The van der Waals surface area contributed by atoms with Crippen LogP contribution in [0.4, 0.5) is 0 Å². The largest absolute Gasteiger partial charge is 0.393 e. The Kier molecular flexibility index (Phi) is 3.57. The Bertz CT molecular complexity index is 131. The Morgan fingerprint density at radius 2 is 2.00 bits per heavy atom. The first-order chi connectivity index (χ1) is 5.59. The minimum absolute atomic E-state index is 0.0200. The molecule has 0 aromatic carbocycles. The molecule has 72 valence electrons. The highest BCUT2D eigenvalue weighted by Crippen LogP contribution is 2.32. The van der Waals surface area contributed by atoms with Crippen molar-refractivity contribution in [2.24, 2.45) is 17.8 Å². The number of rotatable bonds is 2. The molecule has 0 bridgehead atoms. The first-order valence-electron chi connectivity index (χ1n) is 5.27. The highest BCUT2D eigenvalue weighted by Gasteiger charge is 2.25. The van der Waals surface area contributed by atoms with Gasteiger partial charge in [-0.05, 0) is 43.4 Å². The van der Waals surface area contributed by atoms with Gasteiger partial charge >= 0.3 is 0 Å². The van der Waals surface area contributed by atoms with E-state index >= 15 is 0 Å². The first-order valence-corrected chi connectivity index (χ1v) is 5.27. The van der Waals surface area contributed by atoms with Gasteiger partial charge in [0.05, 0.1) is 6.10 Å². The topological polar surface area (TPSA) is 20.2 Å². The third-order valence-electron chi connectivity index (χ3n) is 3.04. The van der Waals surface area contributed by atoms with Crippen LogP contribution in [0.5, 0.6) is 0 Å². The lowest BCUT2D eigenvalue weighted by atomic mass is 9.77. The zero-order valence-corrected chi connectivity index (χ0v) is 8.59. The quantitative estimate of drug-likeness (QED) is 0.675. The summed E-state index contributed by atoms with van der Waals surface area (Å²) in [6, 6.07) is 0. The van der Waals surface area contributed by atoms with Crippen LogP contribution >= 0.6 is 0 Å². The highest BCUT2D eigenvalue weighted by molar-refractivity contribution is 4.77. The van der Waals surface area contributed by atoms with E-state index in [2.05, 4.69) is 20.8 Å². The van der Waals surface area contributed by atoms with E-state index in [0.29, 0.717) is 5.92 Å². The Hall–Kier alpha value is -0.0400. The molecule has 1 saturated carbocycles. The Balaban J connectivity index is 2.30. The van der Waals surface area contributed by atoms with Crippen LogP contribution in [0.2, 0.25) is 0 Å². The highest BCUT2D eigenvalue weighted by atomic mass is 16.3. The van der Waals surface area contributed by atoms with Crippen LogP contribution < -0.4 is 0 Å². The molecular formula is C11H22O. The van der Waals surface area contributed by atoms with Gasteiger partial charge in [-0.15, -0.1) is 0 Å². The molecule has 12 heavy (non-hydrogen) atoms. The van der Waals surface area contributed by atoms with Gasteiger partial charge in [-0.25, -0.2) is 0 Å². The van der Waals surface area contributed by atoms with Gasteiger partial charge in [-0.2, -0.15) is 0 Å². The predicted molar refractivity (Wildman–Crippen MR) is 52.0 cm³/mol. The maximum absolute atomic E-state index is 9.53. The van der Waals surface area contributed by atoms with E-state index in [1.807, 2.05) is 0 Å². The minimum atomic E-state index is -0.0200. The van der Waals surface area contributed by atoms with E-state index in [-0.39, 0.29) is 6.10 Å². The summed E-state index contributed by atoms with van der Waals surface area (Å²) in [5, 5.41) is 9.53. The fourth-order valence-electron chi connectivity index (χ4n) is 2.37. The summed E-state index contributed by atoms with van der Waals surface area (Å²) in [4.78, 5) is 0. The number of hydrogen-bond acceptors (Lipinski definition) is 1. The van der Waals surface area contributed by atoms with Crippen molar-refractivity contribution in [3.05, 3.63) is 0 Å². The second-order valence-corrected chi connectivity index (χ2v) is 4.85. The Morgan fingerprint density at radius 3 is 2.50 bits per heavy atom. The predicted octanol–water partition coefficient (Wildman–Crippen LogP) is 2.83. The lowest BCUT2D eigenvalue weighted by molar-refractivity contribution is 0.0526. The van der Waals surface area contributed by atoms with E-state index in [0.717, 1.165) is 18.3 Å². The summed E-state index contributed by atoms with van der Waals surface area (Å²) in [5.74, 6) is 2.23. The van der Waals surface area contributed by atoms with Crippen LogP contribution in [0, 0.1) is 17.8 Å². The molecular weight excluding hydrogens is 148 g/mol. The molecule has 1 nitrogen and oxygen atoms in total. The first kappa shape index (κ1) is 10.0. The summed E-state index contributed by atoms with van der Waals surface area (Å²) in [6.07, 6.45) is 4.83. The average molecular weight is 170 g/mol. The molecule has 0 aliphatic heterocycles. The zero-order chi connectivity index (χ0) is 9.14. The molecule has 0 radical (unpaired) electrons. The lowest BCUT2D eigenvalue weighted by Gasteiger charge is -2.31. The van der Waals surface area contributed by atoms with Crippen molar-refractivity contribution >= 4 is 0 Å². The maximum atomic E-state index is 9.53. The van der Waals surface area contributed by atoms with Crippen molar-refractivity contribution in [1.29, 1.82) is 0 Å². The number of hydrogen-bond donors (Lipinski definition) is 1. The SMILES string of the molecule is CC(C)C[C@H]1CC[C@H](O)[C@@H](C)C1. The number of aliphatic hydroxyl groups is 1. The van der Waals surface area contributed by atoms with Gasteiger partial charge in [-0.1, -0.05) is 20.8 Å². The summed E-state index contributed by atoms with van der Waals surface area (Å²) in [5.41, 5.74) is 0. The lowest BCUT2D eigenvalue weighted by Crippen LogP contribution is -2.27. The van der Waals surface area contributed by atoms with Gasteiger partial charge in [0.1, 0.15) is 0 Å². The van der Waals surface area contributed by atoms with Crippen LogP contribution in [-0.2, 0) is 0 Å². The van der Waals surface area contributed by atoms with Crippen LogP contribution in [0.15, 0.2) is 0 Å². The Morgan fingerprint density at radius 1 is 1.33 bits per heavy atom. The van der Waals surface area contributed by atoms with Crippen LogP contribution in [-0.4, -0.2) is 11.2 Å². The van der Waals surface area contributed by atoms with Gasteiger partial charge in [-0.3, -0.25) is 0 Å². The van der Waals surface area contributed by atoms with Crippen molar-refractivity contribution in [2.75, 3.05) is 0 Å². The molecule has 1 heteroatoms. The molecule has 1 aliphatic carbocycles. The van der Waals surface area contributed by atoms with E-state index < -0.39 is 0 Å². The maximum Gasteiger partial charge on any atom is 0.0566 e. The third-order valence-corrected chi connectivity index (χ3v) is 3.04.